The molecule has 0 aliphatic heterocycles. The molecular weight excluding hydrogens is 414 g/mol. The van der Waals surface area contributed by atoms with Crippen LogP contribution in [0.1, 0.15) is 24.4 Å². The second-order valence-corrected chi connectivity index (χ2v) is 8.98. The second kappa shape index (κ2) is 7.60. The van der Waals surface area contributed by atoms with Crippen LogP contribution < -0.4 is 4.74 Å². The Bertz CT molecular complexity index is 1190. The highest BCUT2D eigenvalue weighted by molar-refractivity contribution is 7.93. The fraction of sp³-hybridized carbons (Fsp3) is 0.250. The molecule has 0 bridgehead atoms. The smallest absolute Gasteiger partial charge is 0.309 e. The molecule has 1 saturated carbocycles. The summed E-state index contributed by atoms with van der Waals surface area (Å²) >= 11 is 0. The zero-order valence-electron chi connectivity index (χ0n) is 15.9. The van der Waals surface area contributed by atoms with Gasteiger partial charge in [0.15, 0.2) is 9.84 Å². The van der Waals surface area contributed by atoms with E-state index in [2.05, 4.69) is 19.9 Å². The molecule has 7 nitrogen and oxygen atoms in total. The molecule has 3 aromatic rings. The number of hydrogen-bond donors (Lipinski definition) is 1. The predicted molar refractivity (Wildman–Crippen MR) is 107 cm³/mol. The van der Waals surface area contributed by atoms with Crippen molar-refractivity contribution in [2.24, 2.45) is 5.92 Å². The Morgan fingerprint density at radius 1 is 1.17 bits per heavy atom. The third-order valence-electron chi connectivity index (χ3n) is 4.45. The van der Waals surface area contributed by atoms with Crippen LogP contribution in [0.4, 0.5) is 8.78 Å². The summed E-state index contributed by atoms with van der Waals surface area (Å²) in [6.45, 7) is 0. The van der Waals surface area contributed by atoms with E-state index in [1.807, 2.05) is 0 Å². The number of sulfone groups is 1. The molecule has 30 heavy (non-hydrogen) atoms. The van der Waals surface area contributed by atoms with Gasteiger partial charge in [0.1, 0.15) is 11.6 Å². The number of H-pyrrole nitrogens is 1. The number of halogens is 2. The standard InChI is InChI=1S/C20H18F2N4O3S/c1-30(27,28)10-9-14-11-23-17(25-14)16-12-24-19(20(21,22)13-7-8-13)26-18(16)29-15-5-3-2-4-6-15/h2-6,9-13H,7-8H2,1H3,(H,23,25)/b10-9+. The number of nitrogens with zero attached hydrogens (tertiary/aromatic N) is 3. The lowest BCUT2D eigenvalue weighted by Gasteiger charge is -2.16. The van der Waals surface area contributed by atoms with Crippen LogP contribution in [-0.2, 0) is 15.8 Å². The van der Waals surface area contributed by atoms with Crippen molar-refractivity contribution in [3.63, 3.8) is 0 Å². The highest BCUT2D eigenvalue weighted by atomic mass is 32.2. The third-order valence-corrected chi connectivity index (χ3v) is 5.08. The van der Waals surface area contributed by atoms with E-state index in [1.165, 1.54) is 18.5 Å². The lowest BCUT2D eigenvalue weighted by molar-refractivity contribution is -0.0378. The van der Waals surface area contributed by atoms with E-state index < -0.39 is 27.5 Å². The fourth-order valence-corrected chi connectivity index (χ4v) is 3.14. The number of alkyl halides is 2. The van der Waals surface area contributed by atoms with Gasteiger partial charge in [-0.15, -0.1) is 0 Å². The van der Waals surface area contributed by atoms with E-state index in [1.54, 1.807) is 30.3 Å². The molecule has 0 saturated heterocycles. The van der Waals surface area contributed by atoms with Gasteiger partial charge in [-0.3, -0.25) is 0 Å². The van der Waals surface area contributed by atoms with Crippen molar-refractivity contribution in [1.82, 2.24) is 19.9 Å². The first kappa shape index (κ1) is 20.1. The summed E-state index contributed by atoms with van der Waals surface area (Å²) in [5, 5.41) is 1.03. The minimum atomic E-state index is -3.31. The van der Waals surface area contributed by atoms with E-state index >= 15 is 0 Å². The van der Waals surface area contributed by atoms with E-state index in [0.717, 1.165) is 11.7 Å². The number of imidazole rings is 1. The Labute approximate surface area is 171 Å². The van der Waals surface area contributed by atoms with E-state index in [0.29, 0.717) is 24.3 Å². The van der Waals surface area contributed by atoms with Crippen molar-refractivity contribution < 1.29 is 21.9 Å². The van der Waals surface area contributed by atoms with Crippen molar-refractivity contribution in [1.29, 1.82) is 0 Å². The zero-order chi connectivity index (χ0) is 21.4. The van der Waals surface area contributed by atoms with Gasteiger partial charge in [-0.1, -0.05) is 18.2 Å². The number of benzene rings is 1. The van der Waals surface area contributed by atoms with E-state index in [4.69, 9.17) is 4.74 Å². The lowest BCUT2D eigenvalue weighted by atomic mass is 10.2. The quantitative estimate of drug-likeness (QED) is 0.602. The Kier molecular flexibility index (Phi) is 5.10. The van der Waals surface area contributed by atoms with Gasteiger partial charge in [0.2, 0.25) is 11.7 Å². The number of hydrogen-bond acceptors (Lipinski definition) is 6. The number of ether oxygens (including phenoxy) is 1. The number of para-hydroxylation sites is 1. The first-order valence-corrected chi connectivity index (χ1v) is 11.1. The molecule has 1 aliphatic rings. The van der Waals surface area contributed by atoms with Crippen molar-refractivity contribution in [3.8, 4) is 23.0 Å². The third kappa shape index (κ3) is 4.54. The van der Waals surface area contributed by atoms with Gasteiger partial charge in [0.25, 0.3) is 0 Å². The average molecular weight is 432 g/mol. The summed E-state index contributed by atoms with van der Waals surface area (Å²) in [6, 6.07) is 8.64. The summed E-state index contributed by atoms with van der Waals surface area (Å²) in [6.07, 6.45) is 5.93. The summed E-state index contributed by atoms with van der Waals surface area (Å²) in [7, 11) is -3.31. The molecule has 0 spiro atoms. The largest absolute Gasteiger partial charge is 0.438 e. The molecule has 1 N–H and O–H groups in total. The Morgan fingerprint density at radius 3 is 2.57 bits per heavy atom. The average Bonchev–Trinajstić information content (AvgIpc) is 3.46. The zero-order valence-corrected chi connectivity index (χ0v) is 16.7. The van der Waals surface area contributed by atoms with E-state index in [9.17, 15) is 17.2 Å². The monoisotopic (exact) mass is 432 g/mol. The molecule has 2 aromatic heterocycles. The van der Waals surface area contributed by atoms with Gasteiger partial charge in [0.05, 0.1) is 17.5 Å². The first-order chi connectivity index (χ1) is 14.2. The van der Waals surface area contributed by atoms with Crippen LogP contribution in [0.5, 0.6) is 11.6 Å². The van der Waals surface area contributed by atoms with Gasteiger partial charge in [-0.05, 0) is 31.1 Å². The van der Waals surface area contributed by atoms with Crippen LogP contribution >= 0.6 is 0 Å². The normalized spacial score (nSPS) is 14.9. The van der Waals surface area contributed by atoms with Crippen LogP contribution in [0, 0.1) is 5.92 Å². The minimum absolute atomic E-state index is 0.0699. The fourth-order valence-electron chi connectivity index (χ4n) is 2.75. The van der Waals surface area contributed by atoms with Crippen LogP contribution in [0.2, 0.25) is 0 Å². The van der Waals surface area contributed by atoms with E-state index in [-0.39, 0.29) is 17.3 Å². The molecule has 1 aromatic carbocycles. The molecule has 4 rings (SSSR count). The number of aromatic amines is 1. The molecule has 2 heterocycles. The SMILES string of the molecule is CS(=O)(=O)/C=C/c1cnc(-c2cnc(C(F)(F)C3CC3)nc2Oc2ccccc2)[nH]1. The van der Waals surface area contributed by atoms with Gasteiger partial charge >= 0.3 is 5.92 Å². The summed E-state index contributed by atoms with van der Waals surface area (Å²) in [5.74, 6) is -3.88. The summed E-state index contributed by atoms with van der Waals surface area (Å²) < 4.78 is 57.4. The second-order valence-electron chi connectivity index (χ2n) is 7.04. The summed E-state index contributed by atoms with van der Waals surface area (Å²) in [4.78, 5) is 15.0. The number of nitrogens with one attached hydrogen (secondary N) is 1. The molecule has 1 aliphatic carbocycles. The molecule has 1 fully saturated rings. The van der Waals surface area contributed by atoms with Crippen molar-refractivity contribution in [2.75, 3.05) is 6.26 Å². The Balaban J connectivity index is 1.73. The maximum absolute atomic E-state index is 14.5. The Hall–Kier alpha value is -3.14. The highest BCUT2D eigenvalue weighted by Gasteiger charge is 2.50. The first-order valence-electron chi connectivity index (χ1n) is 9.14. The van der Waals surface area contributed by atoms with Crippen molar-refractivity contribution in [2.45, 2.75) is 18.8 Å². The van der Waals surface area contributed by atoms with Gasteiger partial charge < -0.3 is 9.72 Å². The maximum Gasteiger partial charge on any atom is 0.309 e. The van der Waals surface area contributed by atoms with Crippen LogP contribution in [0.25, 0.3) is 17.5 Å². The molecule has 0 unspecified atom stereocenters. The van der Waals surface area contributed by atoms with Crippen molar-refractivity contribution in [3.05, 3.63) is 59.7 Å². The van der Waals surface area contributed by atoms with Gasteiger partial charge in [0, 0.05) is 23.8 Å². The van der Waals surface area contributed by atoms with Crippen molar-refractivity contribution >= 4 is 15.9 Å². The topological polar surface area (TPSA) is 97.8 Å². The maximum atomic E-state index is 14.5. The lowest BCUT2D eigenvalue weighted by Crippen LogP contribution is -2.20. The van der Waals surface area contributed by atoms with Crippen LogP contribution in [0.15, 0.2) is 48.1 Å². The molecule has 156 valence electrons. The molecule has 0 amide bonds. The predicted octanol–water partition coefficient (Wildman–Crippen LogP) is 4.18. The molecule has 10 heteroatoms. The highest BCUT2D eigenvalue weighted by Crippen LogP contribution is 2.49. The Morgan fingerprint density at radius 2 is 1.90 bits per heavy atom. The van der Waals surface area contributed by atoms with Gasteiger partial charge in [-0.25, -0.2) is 18.4 Å². The van der Waals surface area contributed by atoms with Crippen LogP contribution in [-0.4, -0.2) is 34.6 Å². The number of rotatable bonds is 7. The molecule has 0 radical (unpaired) electrons. The molecular formula is C20H18F2N4O3S. The summed E-state index contributed by atoms with van der Waals surface area (Å²) in [5.41, 5.74) is 0.682. The molecule has 0 atom stereocenters. The number of aromatic nitrogens is 4. The van der Waals surface area contributed by atoms with Crippen LogP contribution in [0.3, 0.4) is 0 Å². The van der Waals surface area contributed by atoms with Gasteiger partial charge in [-0.2, -0.15) is 13.8 Å². The minimum Gasteiger partial charge on any atom is -0.438 e.